The minimum atomic E-state index is -0.400. The van der Waals surface area contributed by atoms with Gasteiger partial charge in [0.2, 0.25) is 5.91 Å². The molecule has 22 heavy (non-hydrogen) atoms. The van der Waals surface area contributed by atoms with Crippen molar-refractivity contribution in [2.24, 2.45) is 5.92 Å². The fourth-order valence-corrected chi connectivity index (χ4v) is 3.41. The van der Waals surface area contributed by atoms with Gasteiger partial charge in [0.05, 0.1) is 18.6 Å². The molecule has 2 unspecified atom stereocenters. The standard InChI is InChI=1S/C17H24N2O3/c1-22-14-5-3-13(4-6-14)17(7-2-8-17)16(21)19-10-12-9-18-11-15(12)20/h3-6,12,15,18,20H,2,7-11H2,1H3,(H,19,21). The predicted octanol–water partition coefficient (Wildman–Crippen LogP) is 0.813. The van der Waals surface area contributed by atoms with E-state index in [1.165, 1.54) is 0 Å². The van der Waals surface area contributed by atoms with Crippen LogP contribution in [0.4, 0.5) is 0 Å². The number of ether oxygens (including phenoxy) is 1. The molecule has 5 heteroatoms. The third-order valence-electron chi connectivity index (χ3n) is 5.11. The number of carbonyl (C=O) groups excluding carboxylic acids is 1. The summed E-state index contributed by atoms with van der Waals surface area (Å²) in [6.45, 7) is 1.91. The molecule has 120 valence electrons. The molecule has 3 rings (SSSR count). The molecule has 0 aromatic heterocycles. The minimum absolute atomic E-state index is 0.0861. The molecule has 0 spiro atoms. The Morgan fingerprint density at radius 2 is 2.09 bits per heavy atom. The Labute approximate surface area is 131 Å². The van der Waals surface area contributed by atoms with Gasteiger partial charge in [0.25, 0.3) is 0 Å². The Morgan fingerprint density at radius 1 is 1.36 bits per heavy atom. The molecule has 2 fully saturated rings. The quantitative estimate of drug-likeness (QED) is 0.753. The first-order valence-corrected chi connectivity index (χ1v) is 7.97. The molecule has 3 N–H and O–H groups in total. The molecular weight excluding hydrogens is 280 g/mol. The first kappa shape index (κ1) is 15.3. The smallest absolute Gasteiger partial charge is 0.230 e. The Bertz CT molecular complexity index is 525. The second kappa shape index (κ2) is 6.26. The van der Waals surface area contributed by atoms with E-state index in [0.29, 0.717) is 13.1 Å². The largest absolute Gasteiger partial charge is 0.497 e. The number of benzene rings is 1. The zero-order valence-electron chi connectivity index (χ0n) is 13.0. The highest BCUT2D eigenvalue weighted by molar-refractivity contribution is 5.89. The number of methoxy groups -OCH3 is 1. The van der Waals surface area contributed by atoms with Crippen LogP contribution in [0.3, 0.4) is 0 Å². The van der Waals surface area contributed by atoms with Crippen LogP contribution in [0, 0.1) is 5.92 Å². The highest BCUT2D eigenvalue weighted by Crippen LogP contribution is 2.44. The van der Waals surface area contributed by atoms with E-state index in [9.17, 15) is 9.90 Å². The number of rotatable bonds is 5. The van der Waals surface area contributed by atoms with Gasteiger partial charge in [0, 0.05) is 25.6 Å². The van der Waals surface area contributed by atoms with Crippen molar-refractivity contribution in [2.45, 2.75) is 30.8 Å². The summed E-state index contributed by atoms with van der Waals surface area (Å²) in [5.41, 5.74) is 0.658. The van der Waals surface area contributed by atoms with Crippen LogP contribution in [0.25, 0.3) is 0 Å². The molecule has 1 saturated carbocycles. The van der Waals surface area contributed by atoms with E-state index in [2.05, 4.69) is 10.6 Å². The van der Waals surface area contributed by atoms with Crippen molar-refractivity contribution in [3.63, 3.8) is 0 Å². The van der Waals surface area contributed by atoms with E-state index in [0.717, 1.165) is 37.1 Å². The fourth-order valence-electron chi connectivity index (χ4n) is 3.41. The summed E-state index contributed by atoms with van der Waals surface area (Å²) in [5, 5.41) is 16.0. The van der Waals surface area contributed by atoms with Crippen LogP contribution in [0.15, 0.2) is 24.3 Å². The van der Waals surface area contributed by atoms with Gasteiger partial charge >= 0.3 is 0 Å². The lowest BCUT2D eigenvalue weighted by Crippen LogP contribution is -2.50. The second-order valence-corrected chi connectivity index (χ2v) is 6.36. The Morgan fingerprint density at radius 3 is 2.59 bits per heavy atom. The van der Waals surface area contributed by atoms with Gasteiger partial charge < -0.3 is 20.5 Å². The normalized spacial score (nSPS) is 26.3. The van der Waals surface area contributed by atoms with Crippen molar-refractivity contribution >= 4 is 5.91 Å². The van der Waals surface area contributed by atoms with Crippen LogP contribution in [0.2, 0.25) is 0 Å². The van der Waals surface area contributed by atoms with Crippen molar-refractivity contribution in [2.75, 3.05) is 26.7 Å². The molecule has 0 radical (unpaired) electrons. The highest BCUT2D eigenvalue weighted by atomic mass is 16.5. The van der Waals surface area contributed by atoms with E-state index < -0.39 is 5.41 Å². The number of carbonyl (C=O) groups is 1. The van der Waals surface area contributed by atoms with Crippen LogP contribution < -0.4 is 15.4 Å². The molecule has 5 nitrogen and oxygen atoms in total. The lowest BCUT2D eigenvalue weighted by Gasteiger charge is -2.41. The molecule has 1 heterocycles. The number of β-amino-alcohol motifs (C(OH)–C–C–N with tert-alkyl or cyclic N) is 1. The predicted molar refractivity (Wildman–Crippen MR) is 83.9 cm³/mol. The Kier molecular flexibility index (Phi) is 4.36. The molecule has 2 aliphatic rings. The third-order valence-corrected chi connectivity index (χ3v) is 5.11. The first-order valence-electron chi connectivity index (χ1n) is 7.97. The summed E-state index contributed by atoms with van der Waals surface area (Å²) in [6.07, 6.45) is 2.49. The summed E-state index contributed by atoms with van der Waals surface area (Å²) in [4.78, 5) is 12.7. The monoisotopic (exact) mass is 304 g/mol. The number of hydrogen-bond donors (Lipinski definition) is 3. The highest BCUT2D eigenvalue weighted by Gasteiger charge is 2.45. The molecule has 1 aliphatic heterocycles. The fraction of sp³-hybridized carbons (Fsp3) is 0.588. The second-order valence-electron chi connectivity index (χ2n) is 6.36. The topological polar surface area (TPSA) is 70.6 Å². The van der Waals surface area contributed by atoms with Gasteiger partial charge in [-0.25, -0.2) is 0 Å². The van der Waals surface area contributed by atoms with Crippen LogP contribution in [-0.4, -0.2) is 43.9 Å². The van der Waals surface area contributed by atoms with Gasteiger partial charge in [-0.15, -0.1) is 0 Å². The van der Waals surface area contributed by atoms with Crippen molar-refractivity contribution in [1.29, 1.82) is 0 Å². The average Bonchev–Trinajstić information content (AvgIpc) is 2.90. The number of amides is 1. The molecule has 1 saturated heterocycles. The molecule has 0 bridgehead atoms. The van der Waals surface area contributed by atoms with Crippen LogP contribution in [-0.2, 0) is 10.2 Å². The van der Waals surface area contributed by atoms with Crippen LogP contribution in [0.1, 0.15) is 24.8 Å². The van der Waals surface area contributed by atoms with E-state index >= 15 is 0 Å². The van der Waals surface area contributed by atoms with Crippen LogP contribution in [0.5, 0.6) is 5.75 Å². The van der Waals surface area contributed by atoms with Gasteiger partial charge in [-0.05, 0) is 30.5 Å². The SMILES string of the molecule is COc1ccc(C2(C(=O)NCC3CNCC3O)CCC2)cc1. The maximum Gasteiger partial charge on any atom is 0.230 e. The van der Waals surface area contributed by atoms with Gasteiger partial charge in [0.15, 0.2) is 0 Å². The van der Waals surface area contributed by atoms with Crippen molar-refractivity contribution in [3.8, 4) is 5.75 Å². The van der Waals surface area contributed by atoms with Crippen LogP contribution >= 0.6 is 0 Å². The zero-order valence-corrected chi connectivity index (χ0v) is 13.0. The number of hydrogen-bond acceptors (Lipinski definition) is 4. The van der Waals surface area contributed by atoms with Gasteiger partial charge in [-0.1, -0.05) is 18.6 Å². The summed E-state index contributed by atoms with van der Waals surface area (Å²) >= 11 is 0. The minimum Gasteiger partial charge on any atom is -0.497 e. The maximum atomic E-state index is 12.7. The van der Waals surface area contributed by atoms with Crippen molar-refractivity contribution in [1.82, 2.24) is 10.6 Å². The van der Waals surface area contributed by atoms with Crippen molar-refractivity contribution < 1.29 is 14.6 Å². The van der Waals surface area contributed by atoms with E-state index in [4.69, 9.17) is 4.74 Å². The van der Waals surface area contributed by atoms with E-state index in [1.54, 1.807) is 7.11 Å². The van der Waals surface area contributed by atoms with Gasteiger partial charge in [-0.2, -0.15) is 0 Å². The molecule has 1 aromatic rings. The summed E-state index contributed by atoms with van der Waals surface area (Å²) < 4.78 is 5.19. The summed E-state index contributed by atoms with van der Waals surface area (Å²) in [5.74, 6) is 0.999. The Hall–Kier alpha value is -1.59. The van der Waals surface area contributed by atoms with Crippen molar-refractivity contribution in [3.05, 3.63) is 29.8 Å². The third kappa shape index (κ3) is 2.71. The number of aliphatic hydroxyl groups is 1. The Balaban J connectivity index is 1.67. The zero-order chi connectivity index (χ0) is 15.6. The number of aliphatic hydroxyl groups excluding tert-OH is 1. The van der Waals surface area contributed by atoms with E-state index in [1.807, 2.05) is 24.3 Å². The lowest BCUT2D eigenvalue weighted by atomic mass is 9.63. The molecule has 1 aliphatic carbocycles. The average molecular weight is 304 g/mol. The summed E-state index contributed by atoms with van der Waals surface area (Å²) in [6, 6.07) is 7.80. The molecule has 1 amide bonds. The van der Waals surface area contributed by atoms with Gasteiger partial charge in [-0.3, -0.25) is 4.79 Å². The van der Waals surface area contributed by atoms with E-state index in [-0.39, 0.29) is 17.9 Å². The number of nitrogens with one attached hydrogen (secondary N) is 2. The van der Waals surface area contributed by atoms with Gasteiger partial charge in [0.1, 0.15) is 5.75 Å². The maximum absolute atomic E-state index is 12.7. The first-order chi connectivity index (χ1) is 10.7. The summed E-state index contributed by atoms with van der Waals surface area (Å²) in [7, 11) is 1.64. The molecule has 1 aromatic carbocycles. The molecule has 2 atom stereocenters. The lowest BCUT2D eigenvalue weighted by molar-refractivity contribution is -0.130. The molecular formula is C17H24N2O3.